The van der Waals surface area contributed by atoms with Crippen LogP contribution < -0.4 is 0 Å². The zero-order valence-corrected chi connectivity index (χ0v) is 14.2. The van der Waals surface area contributed by atoms with E-state index in [1.54, 1.807) is 30.8 Å². The number of halogens is 1. The van der Waals surface area contributed by atoms with Crippen LogP contribution in [0.1, 0.15) is 10.4 Å². The van der Waals surface area contributed by atoms with Crippen molar-refractivity contribution in [3.05, 3.63) is 50.9 Å². The van der Waals surface area contributed by atoms with Crippen molar-refractivity contribution in [2.45, 2.75) is 13.0 Å². The minimum Gasteiger partial charge on any atom is -0.383 e. The normalized spacial score (nSPS) is 10.6. The molecule has 0 aliphatic heterocycles. The van der Waals surface area contributed by atoms with E-state index in [1.165, 1.54) is 0 Å². The van der Waals surface area contributed by atoms with Gasteiger partial charge in [-0.1, -0.05) is 6.07 Å². The zero-order valence-electron chi connectivity index (χ0n) is 11.8. The molecule has 0 saturated carbocycles. The van der Waals surface area contributed by atoms with E-state index in [2.05, 4.69) is 20.9 Å². The Morgan fingerprint density at radius 1 is 1.48 bits per heavy atom. The first kappa shape index (κ1) is 16.1. The van der Waals surface area contributed by atoms with Crippen LogP contribution >= 0.6 is 27.3 Å². The number of hydrogen-bond donors (Lipinski definition) is 0. The molecule has 0 aromatic carbocycles. The predicted octanol–water partition coefficient (Wildman–Crippen LogP) is 3.12. The fraction of sp³-hybridized carbons (Fsp3) is 0.333. The Balaban J connectivity index is 2.04. The first-order valence-corrected chi connectivity index (χ1v) is 8.25. The summed E-state index contributed by atoms with van der Waals surface area (Å²) in [4.78, 5) is 19.5. The molecular weight excluding hydrogens is 352 g/mol. The lowest BCUT2D eigenvalue weighted by atomic mass is 10.2. The number of rotatable bonds is 7. The molecular formula is C15H17BrN2O2S. The molecule has 0 saturated heterocycles. The summed E-state index contributed by atoms with van der Waals surface area (Å²) in [5.74, 6) is 0.0837. The van der Waals surface area contributed by atoms with Crippen LogP contribution in [0.25, 0.3) is 0 Å². The number of aromatic nitrogens is 1. The number of nitrogens with zero attached hydrogens (tertiary/aromatic N) is 2. The molecule has 0 spiro atoms. The Kier molecular flexibility index (Phi) is 6.35. The quantitative estimate of drug-likeness (QED) is 0.753. The highest BCUT2D eigenvalue weighted by molar-refractivity contribution is 9.10. The van der Waals surface area contributed by atoms with E-state index in [9.17, 15) is 4.79 Å². The van der Waals surface area contributed by atoms with Gasteiger partial charge in [0.25, 0.3) is 0 Å². The second kappa shape index (κ2) is 8.26. The van der Waals surface area contributed by atoms with Gasteiger partial charge in [-0.05, 0) is 39.0 Å². The molecule has 21 heavy (non-hydrogen) atoms. The van der Waals surface area contributed by atoms with E-state index in [1.807, 2.05) is 28.5 Å². The van der Waals surface area contributed by atoms with E-state index in [-0.39, 0.29) is 5.91 Å². The van der Waals surface area contributed by atoms with Crippen molar-refractivity contribution in [3.8, 4) is 0 Å². The average molecular weight is 369 g/mol. The maximum absolute atomic E-state index is 12.5. The van der Waals surface area contributed by atoms with Crippen LogP contribution in [0.4, 0.5) is 0 Å². The molecule has 0 fully saturated rings. The van der Waals surface area contributed by atoms with Gasteiger partial charge < -0.3 is 9.64 Å². The minimum absolute atomic E-state index is 0.0837. The third kappa shape index (κ3) is 4.91. The van der Waals surface area contributed by atoms with Crippen LogP contribution in [0.15, 0.2) is 40.4 Å². The van der Waals surface area contributed by atoms with Gasteiger partial charge in [-0.15, -0.1) is 11.3 Å². The molecule has 0 radical (unpaired) electrons. The van der Waals surface area contributed by atoms with Crippen LogP contribution in [0.2, 0.25) is 0 Å². The Bertz CT molecular complexity index is 574. The van der Waals surface area contributed by atoms with E-state index in [0.717, 1.165) is 14.9 Å². The largest absolute Gasteiger partial charge is 0.383 e. The number of carbonyl (C=O) groups is 1. The molecule has 2 heterocycles. The second-order valence-electron chi connectivity index (χ2n) is 4.54. The van der Waals surface area contributed by atoms with Gasteiger partial charge >= 0.3 is 0 Å². The maximum atomic E-state index is 12.5. The molecule has 2 aromatic rings. The van der Waals surface area contributed by atoms with Crippen molar-refractivity contribution in [2.24, 2.45) is 0 Å². The van der Waals surface area contributed by atoms with Crippen molar-refractivity contribution in [3.63, 3.8) is 0 Å². The number of methoxy groups -OCH3 is 1. The number of thiophene rings is 1. The smallest absolute Gasteiger partial charge is 0.227 e. The zero-order chi connectivity index (χ0) is 15.1. The fourth-order valence-electron chi connectivity index (χ4n) is 1.89. The molecule has 0 N–H and O–H groups in total. The lowest BCUT2D eigenvalue weighted by Gasteiger charge is -2.22. The van der Waals surface area contributed by atoms with Gasteiger partial charge in [0, 0.05) is 35.4 Å². The molecule has 0 atom stereocenters. The van der Waals surface area contributed by atoms with Crippen molar-refractivity contribution < 1.29 is 9.53 Å². The van der Waals surface area contributed by atoms with Gasteiger partial charge in [-0.3, -0.25) is 9.78 Å². The minimum atomic E-state index is 0.0837. The third-order valence-corrected chi connectivity index (χ3v) is 4.93. The number of pyridine rings is 1. The fourth-order valence-corrected chi connectivity index (χ4v) is 3.39. The molecule has 0 unspecified atom stereocenters. The number of amides is 1. The Hall–Kier alpha value is -1.24. The summed E-state index contributed by atoms with van der Waals surface area (Å²) in [5, 5.41) is 2.01. The molecule has 0 bridgehead atoms. The SMILES string of the molecule is COCCN(Cc1sccc1Br)C(=O)Cc1cccnc1. The van der Waals surface area contributed by atoms with Gasteiger partial charge in [0.05, 0.1) is 19.6 Å². The Labute approximate surface area is 136 Å². The number of carbonyl (C=O) groups excluding carboxylic acids is 1. The van der Waals surface area contributed by atoms with Crippen molar-refractivity contribution in [1.82, 2.24) is 9.88 Å². The Morgan fingerprint density at radius 2 is 2.33 bits per heavy atom. The van der Waals surface area contributed by atoms with Crippen LogP contribution in [0.3, 0.4) is 0 Å². The number of ether oxygens (including phenoxy) is 1. The summed E-state index contributed by atoms with van der Waals surface area (Å²) in [7, 11) is 1.64. The summed E-state index contributed by atoms with van der Waals surface area (Å²) in [6, 6.07) is 5.76. The van der Waals surface area contributed by atoms with E-state index < -0.39 is 0 Å². The lowest BCUT2D eigenvalue weighted by Crippen LogP contribution is -2.34. The molecule has 4 nitrogen and oxygen atoms in total. The topological polar surface area (TPSA) is 42.4 Å². The molecule has 0 aliphatic rings. The Morgan fingerprint density at radius 3 is 2.95 bits per heavy atom. The summed E-state index contributed by atoms with van der Waals surface area (Å²) < 4.78 is 6.15. The van der Waals surface area contributed by atoms with Crippen LogP contribution in [0, 0.1) is 0 Å². The summed E-state index contributed by atoms with van der Waals surface area (Å²) in [5.41, 5.74) is 0.926. The summed E-state index contributed by atoms with van der Waals surface area (Å²) in [6.45, 7) is 1.71. The number of hydrogen-bond acceptors (Lipinski definition) is 4. The highest BCUT2D eigenvalue weighted by Gasteiger charge is 2.16. The van der Waals surface area contributed by atoms with Crippen molar-refractivity contribution in [2.75, 3.05) is 20.3 Å². The molecule has 0 aliphatic carbocycles. The van der Waals surface area contributed by atoms with Gasteiger partial charge in [-0.25, -0.2) is 0 Å². The van der Waals surface area contributed by atoms with Crippen LogP contribution in [-0.2, 0) is 22.5 Å². The average Bonchev–Trinajstić information content (AvgIpc) is 2.89. The van der Waals surface area contributed by atoms with E-state index >= 15 is 0 Å². The van der Waals surface area contributed by atoms with Crippen LogP contribution in [-0.4, -0.2) is 36.1 Å². The highest BCUT2D eigenvalue weighted by atomic mass is 79.9. The van der Waals surface area contributed by atoms with E-state index in [4.69, 9.17) is 4.74 Å². The molecule has 112 valence electrons. The van der Waals surface area contributed by atoms with Crippen molar-refractivity contribution in [1.29, 1.82) is 0 Å². The molecule has 6 heteroatoms. The van der Waals surface area contributed by atoms with Gasteiger partial charge in [0.1, 0.15) is 0 Å². The monoisotopic (exact) mass is 368 g/mol. The standard InChI is InChI=1S/C15H17BrN2O2S/c1-20-7-6-18(11-14-13(16)4-8-21-14)15(19)9-12-3-2-5-17-10-12/h2-5,8,10H,6-7,9,11H2,1H3. The summed E-state index contributed by atoms with van der Waals surface area (Å²) in [6.07, 6.45) is 3.80. The summed E-state index contributed by atoms with van der Waals surface area (Å²) >= 11 is 5.15. The van der Waals surface area contributed by atoms with Crippen molar-refractivity contribution >= 4 is 33.2 Å². The van der Waals surface area contributed by atoms with Gasteiger partial charge in [0.15, 0.2) is 0 Å². The lowest BCUT2D eigenvalue weighted by molar-refractivity contribution is -0.131. The highest BCUT2D eigenvalue weighted by Crippen LogP contribution is 2.24. The molecule has 2 aromatic heterocycles. The maximum Gasteiger partial charge on any atom is 0.227 e. The second-order valence-corrected chi connectivity index (χ2v) is 6.39. The first-order chi connectivity index (χ1) is 10.2. The third-order valence-electron chi connectivity index (χ3n) is 3.02. The molecule has 1 amide bonds. The van der Waals surface area contributed by atoms with Gasteiger partial charge in [0.2, 0.25) is 5.91 Å². The van der Waals surface area contributed by atoms with Crippen LogP contribution in [0.5, 0.6) is 0 Å². The van der Waals surface area contributed by atoms with Gasteiger partial charge in [-0.2, -0.15) is 0 Å². The van der Waals surface area contributed by atoms with E-state index in [0.29, 0.717) is 26.1 Å². The molecule has 2 rings (SSSR count). The first-order valence-electron chi connectivity index (χ1n) is 6.58. The predicted molar refractivity (Wildman–Crippen MR) is 87.3 cm³/mol.